The molecule has 6 heteroatoms. The van der Waals surface area contributed by atoms with Crippen molar-refractivity contribution >= 4 is 17.3 Å². The monoisotopic (exact) mass is 459 g/mol. The summed E-state index contributed by atoms with van der Waals surface area (Å²) in [5, 5.41) is 11.7. The van der Waals surface area contributed by atoms with Crippen molar-refractivity contribution in [3.05, 3.63) is 59.9 Å². The Hall–Kier alpha value is -3.15. The zero-order chi connectivity index (χ0) is 24.2. The van der Waals surface area contributed by atoms with Gasteiger partial charge < -0.3 is 14.8 Å². The van der Waals surface area contributed by atoms with Crippen LogP contribution in [-0.4, -0.2) is 33.8 Å². The third-order valence-electron chi connectivity index (χ3n) is 6.70. The first-order valence-corrected chi connectivity index (χ1v) is 12.4. The molecular formula is C28H37N5O. The van der Waals surface area contributed by atoms with Crippen LogP contribution in [0.3, 0.4) is 0 Å². The van der Waals surface area contributed by atoms with E-state index in [0.717, 1.165) is 54.5 Å². The van der Waals surface area contributed by atoms with Crippen molar-refractivity contribution in [2.24, 2.45) is 24.8 Å². The second-order valence-electron chi connectivity index (χ2n) is 10.1. The summed E-state index contributed by atoms with van der Waals surface area (Å²) < 4.78 is 2.03. The lowest BCUT2D eigenvalue weighted by molar-refractivity contribution is -0.117. The van der Waals surface area contributed by atoms with Crippen molar-refractivity contribution < 1.29 is 4.79 Å². The molecule has 180 valence electrons. The van der Waals surface area contributed by atoms with E-state index in [-0.39, 0.29) is 11.8 Å². The van der Waals surface area contributed by atoms with Crippen LogP contribution in [0.2, 0.25) is 0 Å². The maximum atomic E-state index is 12.2. The fourth-order valence-electron chi connectivity index (χ4n) is 4.69. The number of rotatable bonds is 4. The van der Waals surface area contributed by atoms with Gasteiger partial charge in [-0.1, -0.05) is 49.7 Å². The molecule has 2 aliphatic rings. The molecule has 1 aliphatic heterocycles. The summed E-state index contributed by atoms with van der Waals surface area (Å²) in [4.78, 5) is 14.7. The molecule has 1 unspecified atom stereocenters. The minimum atomic E-state index is 0.142. The van der Waals surface area contributed by atoms with E-state index in [2.05, 4.69) is 65.5 Å². The molecular weight excluding hydrogens is 422 g/mol. The Balaban J connectivity index is 0.000000336. The average molecular weight is 460 g/mol. The standard InChI is InChI=1S/C21H29N5O.C7H8/c1-13-9-14(2)12-26(11-13)19-10-17(22-21(27)16-5-6-16)7-8-18(19)20-24-23-15(3)25(20)4;1-7-5-3-2-4-6-7/h7-8,10,13-14,16H,5-6,9,11-12H2,1-4H3,(H,22,27);2-6H,1H3/t13-,14?;/m0./s1. The van der Waals surface area contributed by atoms with Crippen molar-refractivity contribution in [2.75, 3.05) is 23.3 Å². The number of nitrogens with zero attached hydrogens (tertiary/aromatic N) is 4. The van der Waals surface area contributed by atoms with E-state index in [4.69, 9.17) is 0 Å². The van der Waals surface area contributed by atoms with E-state index in [9.17, 15) is 4.79 Å². The molecule has 1 saturated heterocycles. The van der Waals surface area contributed by atoms with E-state index in [1.165, 1.54) is 12.0 Å². The van der Waals surface area contributed by atoms with Crippen molar-refractivity contribution in [3.8, 4) is 11.4 Å². The minimum Gasteiger partial charge on any atom is -0.370 e. The van der Waals surface area contributed by atoms with Crippen molar-refractivity contribution in [1.29, 1.82) is 0 Å². The third kappa shape index (κ3) is 5.85. The largest absolute Gasteiger partial charge is 0.370 e. The molecule has 0 radical (unpaired) electrons. The molecule has 5 rings (SSSR count). The van der Waals surface area contributed by atoms with Gasteiger partial charge in [0.2, 0.25) is 5.91 Å². The molecule has 6 nitrogen and oxygen atoms in total. The average Bonchev–Trinajstić information content (AvgIpc) is 3.60. The SMILES string of the molecule is Cc1ccccc1.Cc1nnc(-c2ccc(NC(=O)C3CC3)cc2N2CC(C)C[C@H](C)C2)n1C. The van der Waals surface area contributed by atoms with Crippen LogP contribution in [0.4, 0.5) is 11.4 Å². The lowest BCUT2D eigenvalue weighted by atomic mass is 9.91. The number of hydrogen-bond donors (Lipinski definition) is 1. The molecule has 2 atom stereocenters. The molecule has 2 aromatic carbocycles. The molecule has 0 spiro atoms. The van der Waals surface area contributed by atoms with E-state index in [1.54, 1.807) is 0 Å². The fraction of sp³-hybridized carbons (Fsp3) is 0.464. The van der Waals surface area contributed by atoms with Gasteiger partial charge in [0.15, 0.2) is 5.82 Å². The molecule has 1 N–H and O–H groups in total. The van der Waals surface area contributed by atoms with E-state index in [0.29, 0.717) is 11.8 Å². The lowest BCUT2D eigenvalue weighted by Crippen LogP contribution is -2.39. The van der Waals surface area contributed by atoms with E-state index in [1.807, 2.05) is 42.8 Å². The first-order chi connectivity index (χ1) is 16.3. The number of benzene rings is 2. The van der Waals surface area contributed by atoms with Crippen LogP contribution >= 0.6 is 0 Å². The predicted molar refractivity (Wildman–Crippen MR) is 139 cm³/mol. The van der Waals surface area contributed by atoms with Gasteiger partial charge in [0.1, 0.15) is 5.82 Å². The van der Waals surface area contributed by atoms with Gasteiger partial charge in [0.25, 0.3) is 0 Å². The topological polar surface area (TPSA) is 63.1 Å². The van der Waals surface area contributed by atoms with Crippen LogP contribution in [0.25, 0.3) is 11.4 Å². The molecule has 2 heterocycles. The molecule has 1 saturated carbocycles. The quantitative estimate of drug-likeness (QED) is 0.550. The fourth-order valence-corrected chi connectivity index (χ4v) is 4.69. The maximum absolute atomic E-state index is 12.2. The number of carbonyl (C=O) groups is 1. The molecule has 1 aliphatic carbocycles. The van der Waals surface area contributed by atoms with Gasteiger partial charge in [-0.3, -0.25) is 4.79 Å². The van der Waals surface area contributed by atoms with Crippen molar-refractivity contribution in [1.82, 2.24) is 14.8 Å². The Morgan fingerprint density at radius 2 is 1.65 bits per heavy atom. The predicted octanol–water partition coefficient (Wildman–Crippen LogP) is 5.62. The van der Waals surface area contributed by atoms with Gasteiger partial charge in [-0.15, -0.1) is 10.2 Å². The number of hydrogen-bond acceptors (Lipinski definition) is 4. The molecule has 0 bridgehead atoms. The Labute approximate surface area is 203 Å². The highest BCUT2D eigenvalue weighted by Gasteiger charge is 2.30. The molecule has 34 heavy (non-hydrogen) atoms. The van der Waals surface area contributed by atoms with Gasteiger partial charge in [-0.25, -0.2) is 0 Å². The third-order valence-corrected chi connectivity index (χ3v) is 6.70. The number of aromatic nitrogens is 3. The Kier molecular flexibility index (Phi) is 7.35. The van der Waals surface area contributed by atoms with Crippen LogP contribution in [0, 0.1) is 31.6 Å². The highest BCUT2D eigenvalue weighted by atomic mass is 16.2. The molecule has 1 aromatic heterocycles. The molecule has 1 amide bonds. The van der Waals surface area contributed by atoms with E-state index < -0.39 is 0 Å². The van der Waals surface area contributed by atoms with E-state index >= 15 is 0 Å². The number of nitrogens with one attached hydrogen (secondary N) is 1. The number of anilines is 2. The van der Waals surface area contributed by atoms with Gasteiger partial charge in [-0.2, -0.15) is 0 Å². The van der Waals surface area contributed by atoms with Crippen molar-refractivity contribution in [2.45, 2.75) is 47.0 Å². The normalized spacial score (nSPS) is 19.9. The number of piperidine rings is 1. The summed E-state index contributed by atoms with van der Waals surface area (Å²) in [5.41, 5.74) is 4.40. The van der Waals surface area contributed by atoms with Crippen molar-refractivity contribution in [3.63, 3.8) is 0 Å². The maximum Gasteiger partial charge on any atom is 0.227 e. The zero-order valence-corrected chi connectivity index (χ0v) is 21.1. The second-order valence-corrected chi connectivity index (χ2v) is 10.1. The summed E-state index contributed by atoms with van der Waals surface area (Å²) >= 11 is 0. The van der Waals surface area contributed by atoms with Gasteiger partial charge in [0, 0.05) is 43.0 Å². The molecule has 3 aromatic rings. The minimum absolute atomic E-state index is 0.142. The number of carbonyl (C=O) groups excluding carboxylic acids is 1. The summed E-state index contributed by atoms with van der Waals surface area (Å²) in [6.07, 6.45) is 3.28. The lowest BCUT2D eigenvalue weighted by Gasteiger charge is -2.37. The number of amides is 1. The van der Waals surface area contributed by atoms with Crippen LogP contribution in [0.15, 0.2) is 48.5 Å². The summed E-state index contributed by atoms with van der Waals surface area (Å²) in [6.45, 7) is 10.7. The Morgan fingerprint density at radius 1 is 0.971 bits per heavy atom. The number of aryl methyl sites for hydroxylation is 2. The van der Waals surface area contributed by atoms with Gasteiger partial charge in [-0.05, 0) is 63.1 Å². The smallest absolute Gasteiger partial charge is 0.227 e. The van der Waals surface area contributed by atoms with Crippen LogP contribution in [-0.2, 0) is 11.8 Å². The highest BCUT2D eigenvalue weighted by molar-refractivity contribution is 5.95. The summed E-state index contributed by atoms with van der Waals surface area (Å²) in [7, 11) is 2.00. The highest BCUT2D eigenvalue weighted by Crippen LogP contribution is 2.37. The Morgan fingerprint density at radius 3 is 2.18 bits per heavy atom. The zero-order valence-electron chi connectivity index (χ0n) is 21.1. The van der Waals surface area contributed by atoms with Crippen LogP contribution in [0.5, 0.6) is 0 Å². The van der Waals surface area contributed by atoms with Gasteiger partial charge >= 0.3 is 0 Å². The first kappa shape index (κ1) is 24.0. The Bertz CT molecular complexity index is 1110. The first-order valence-electron chi connectivity index (χ1n) is 12.4. The molecule has 2 fully saturated rings. The van der Waals surface area contributed by atoms with Crippen LogP contribution < -0.4 is 10.2 Å². The second kappa shape index (κ2) is 10.4. The van der Waals surface area contributed by atoms with Crippen LogP contribution in [0.1, 0.15) is 44.5 Å². The summed E-state index contributed by atoms with van der Waals surface area (Å²) in [5.74, 6) is 3.39. The summed E-state index contributed by atoms with van der Waals surface area (Å²) in [6, 6.07) is 16.4. The van der Waals surface area contributed by atoms with Gasteiger partial charge in [0.05, 0.1) is 0 Å².